The molecule has 0 saturated heterocycles. The topological polar surface area (TPSA) is 54.9 Å². The van der Waals surface area contributed by atoms with Gasteiger partial charge >= 0.3 is 0 Å². The van der Waals surface area contributed by atoms with Crippen molar-refractivity contribution in [3.63, 3.8) is 0 Å². The summed E-state index contributed by atoms with van der Waals surface area (Å²) >= 11 is 5.85. The number of fused-ring (bicyclic) bond motifs is 2. The van der Waals surface area contributed by atoms with Gasteiger partial charge in [0.15, 0.2) is 0 Å². The third-order valence-electron chi connectivity index (χ3n) is 6.54. The molecule has 0 spiro atoms. The maximum Gasteiger partial charge on any atom is 0.228 e. The number of rotatable bonds is 3. The second-order valence-electron chi connectivity index (χ2n) is 8.27. The van der Waals surface area contributed by atoms with E-state index in [1.165, 1.54) is 17.8 Å². The summed E-state index contributed by atoms with van der Waals surface area (Å²) in [6.07, 6.45) is 7.24. The molecule has 2 fully saturated rings. The minimum Gasteiger partial charge on any atom is -0.310 e. The molecule has 0 aliphatic heterocycles. The minimum absolute atomic E-state index is 0.0232. The van der Waals surface area contributed by atoms with Crippen LogP contribution in [0.4, 0.5) is 10.2 Å². The summed E-state index contributed by atoms with van der Waals surface area (Å²) in [6, 6.07) is 10.3. The van der Waals surface area contributed by atoms with E-state index in [0.29, 0.717) is 28.6 Å². The zero-order chi connectivity index (χ0) is 20.0. The van der Waals surface area contributed by atoms with Gasteiger partial charge in [0, 0.05) is 23.7 Å². The normalized spacial score (nSPS) is 25.9. The molecule has 1 amide bonds. The molecule has 148 valence electrons. The summed E-state index contributed by atoms with van der Waals surface area (Å²) in [5.74, 6) is 1.85. The Hall–Kier alpha value is -2.53. The van der Waals surface area contributed by atoms with Gasteiger partial charge in [-0.05, 0) is 85.4 Å². The van der Waals surface area contributed by atoms with Crippen molar-refractivity contribution in [2.45, 2.75) is 31.6 Å². The highest BCUT2D eigenvalue weighted by Crippen LogP contribution is 2.53. The third kappa shape index (κ3) is 3.60. The van der Waals surface area contributed by atoms with Crippen molar-refractivity contribution < 1.29 is 9.18 Å². The lowest BCUT2D eigenvalue weighted by atomic mass is 9.90. The standard InChI is InChI=1S/C23H21ClFN3O/c24-17-1-4-22(27-12-17)28-23(29)16-9-13-7-15(8-14(13)10-16)19-5-6-26-21-3-2-18(25)11-20(19)21/h1-6,11-16H,7-10H2,(H,27,28,29)/t13-,14?,15?,16?/m1/s1. The van der Waals surface area contributed by atoms with E-state index in [1.807, 2.05) is 12.3 Å². The highest BCUT2D eigenvalue weighted by Gasteiger charge is 2.44. The number of hydrogen-bond acceptors (Lipinski definition) is 3. The van der Waals surface area contributed by atoms with Crippen LogP contribution in [0.2, 0.25) is 5.02 Å². The van der Waals surface area contributed by atoms with Gasteiger partial charge in [-0.3, -0.25) is 9.78 Å². The molecule has 0 radical (unpaired) electrons. The fourth-order valence-electron chi connectivity index (χ4n) is 5.26. The van der Waals surface area contributed by atoms with Crippen LogP contribution < -0.4 is 5.32 Å². The van der Waals surface area contributed by atoms with E-state index in [1.54, 1.807) is 24.3 Å². The van der Waals surface area contributed by atoms with Gasteiger partial charge in [0.25, 0.3) is 0 Å². The Kier molecular flexibility index (Phi) is 4.70. The Morgan fingerprint density at radius 2 is 1.83 bits per heavy atom. The average Bonchev–Trinajstić information content (AvgIpc) is 3.28. The molecule has 2 aromatic heterocycles. The number of nitrogens with zero attached hydrogens (tertiary/aromatic N) is 2. The Bertz CT molecular complexity index is 1060. The molecule has 2 aliphatic rings. The number of benzene rings is 1. The van der Waals surface area contributed by atoms with Crippen LogP contribution in [0, 0.1) is 23.6 Å². The van der Waals surface area contributed by atoms with Crippen LogP contribution in [0.15, 0.2) is 48.8 Å². The molecule has 3 aromatic rings. The Labute approximate surface area is 173 Å². The quantitative estimate of drug-likeness (QED) is 0.614. The van der Waals surface area contributed by atoms with Crippen molar-refractivity contribution in [1.82, 2.24) is 9.97 Å². The summed E-state index contributed by atoms with van der Waals surface area (Å²) in [5, 5.41) is 4.38. The van der Waals surface area contributed by atoms with E-state index >= 15 is 0 Å². The molecule has 2 aliphatic carbocycles. The number of nitrogens with one attached hydrogen (secondary N) is 1. The molecule has 0 bridgehead atoms. The first-order valence-corrected chi connectivity index (χ1v) is 10.4. The monoisotopic (exact) mass is 409 g/mol. The molecule has 6 heteroatoms. The Morgan fingerprint density at radius 1 is 1.03 bits per heavy atom. The molecular formula is C23H21ClFN3O. The first-order valence-electron chi connectivity index (χ1n) is 10.0. The van der Waals surface area contributed by atoms with Crippen LogP contribution in [-0.2, 0) is 4.79 Å². The van der Waals surface area contributed by atoms with Crippen LogP contribution in [-0.4, -0.2) is 15.9 Å². The van der Waals surface area contributed by atoms with Gasteiger partial charge in [-0.15, -0.1) is 0 Å². The number of anilines is 1. The van der Waals surface area contributed by atoms with E-state index in [4.69, 9.17) is 11.6 Å². The van der Waals surface area contributed by atoms with Gasteiger partial charge in [-0.2, -0.15) is 0 Å². The van der Waals surface area contributed by atoms with Crippen molar-refractivity contribution in [2.24, 2.45) is 17.8 Å². The highest BCUT2D eigenvalue weighted by atomic mass is 35.5. The Balaban J connectivity index is 1.27. The first kappa shape index (κ1) is 18.5. The van der Waals surface area contributed by atoms with Crippen molar-refractivity contribution in [3.05, 3.63) is 65.2 Å². The van der Waals surface area contributed by atoms with E-state index in [9.17, 15) is 9.18 Å². The zero-order valence-corrected chi connectivity index (χ0v) is 16.6. The molecule has 4 nitrogen and oxygen atoms in total. The summed E-state index contributed by atoms with van der Waals surface area (Å²) in [7, 11) is 0. The van der Waals surface area contributed by atoms with Gasteiger partial charge < -0.3 is 5.32 Å². The minimum atomic E-state index is -0.225. The summed E-state index contributed by atoms with van der Waals surface area (Å²) in [4.78, 5) is 21.2. The van der Waals surface area contributed by atoms with E-state index in [-0.39, 0.29) is 17.6 Å². The average molecular weight is 410 g/mol. The smallest absolute Gasteiger partial charge is 0.228 e. The van der Waals surface area contributed by atoms with Crippen molar-refractivity contribution >= 4 is 34.2 Å². The van der Waals surface area contributed by atoms with Gasteiger partial charge in [0.05, 0.1) is 10.5 Å². The fourth-order valence-corrected chi connectivity index (χ4v) is 5.37. The zero-order valence-electron chi connectivity index (χ0n) is 15.8. The lowest BCUT2D eigenvalue weighted by Crippen LogP contribution is -2.22. The lowest BCUT2D eigenvalue weighted by Gasteiger charge is -2.16. The molecule has 1 N–H and O–H groups in total. The van der Waals surface area contributed by atoms with Crippen LogP contribution in [0.25, 0.3) is 10.9 Å². The predicted molar refractivity (Wildman–Crippen MR) is 111 cm³/mol. The first-order chi connectivity index (χ1) is 14.1. The van der Waals surface area contributed by atoms with Crippen LogP contribution in [0.3, 0.4) is 0 Å². The molecule has 4 atom stereocenters. The number of hydrogen-bond donors (Lipinski definition) is 1. The molecule has 1 aromatic carbocycles. The Morgan fingerprint density at radius 3 is 2.55 bits per heavy atom. The summed E-state index contributed by atoms with van der Waals surface area (Å²) < 4.78 is 13.8. The van der Waals surface area contributed by atoms with Crippen molar-refractivity contribution in [1.29, 1.82) is 0 Å². The molecule has 5 rings (SSSR count). The second kappa shape index (κ2) is 7.38. The van der Waals surface area contributed by atoms with Crippen molar-refractivity contribution in [3.8, 4) is 0 Å². The second-order valence-corrected chi connectivity index (χ2v) is 8.71. The van der Waals surface area contributed by atoms with Gasteiger partial charge in [0.2, 0.25) is 5.91 Å². The number of pyridine rings is 2. The van der Waals surface area contributed by atoms with Gasteiger partial charge in [-0.25, -0.2) is 9.37 Å². The number of amides is 1. The molecule has 29 heavy (non-hydrogen) atoms. The van der Waals surface area contributed by atoms with Crippen molar-refractivity contribution in [2.75, 3.05) is 5.32 Å². The van der Waals surface area contributed by atoms with E-state index < -0.39 is 0 Å². The summed E-state index contributed by atoms with van der Waals surface area (Å²) in [6.45, 7) is 0. The van der Waals surface area contributed by atoms with E-state index in [2.05, 4.69) is 15.3 Å². The SMILES string of the molecule is O=C(Nc1ccc(Cl)cn1)C1CC2CC(c3ccnc4ccc(F)cc34)C[C@@H]2C1. The number of halogens is 2. The molecule has 2 saturated carbocycles. The maximum atomic E-state index is 13.8. The molecular weight excluding hydrogens is 389 g/mol. The predicted octanol–water partition coefficient (Wildman–Crippen LogP) is 5.58. The maximum absolute atomic E-state index is 13.8. The number of carbonyl (C=O) groups is 1. The number of aromatic nitrogens is 2. The lowest BCUT2D eigenvalue weighted by molar-refractivity contribution is -0.119. The van der Waals surface area contributed by atoms with Crippen LogP contribution in [0.1, 0.15) is 37.2 Å². The van der Waals surface area contributed by atoms with E-state index in [0.717, 1.165) is 36.6 Å². The van der Waals surface area contributed by atoms with Gasteiger partial charge in [0.1, 0.15) is 11.6 Å². The number of carbonyl (C=O) groups excluding carboxylic acids is 1. The largest absolute Gasteiger partial charge is 0.310 e. The van der Waals surface area contributed by atoms with Gasteiger partial charge in [-0.1, -0.05) is 11.6 Å². The third-order valence-corrected chi connectivity index (χ3v) is 6.77. The van der Waals surface area contributed by atoms with Crippen LogP contribution in [0.5, 0.6) is 0 Å². The summed E-state index contributed by atoms with van der Waals surface area (Å²) in [5.41, 5.74) is 2.03. The highest BCUT2D eigenvalue weighted by molar-refractivity contribution is 6.30. The van der Waals surface area contributed by atoms with Crippen LogP contribution >= 0.6 is 11.6 Å². The fraction of sp³-hybridized carbons (Fsp3) is 0.348. The molecule has 2 heterocycles. The molecule has 3 unspecified atom stereocenters.